The molecule has 1 fully saturated rings. The fourth-order valence-electron chi connectivity index (χ4n) is 2.47. The summed E-state index contributed by atoms with van der Waals surface area (Å²) in [4.78, 5) is 37.8. The number of amides is 2. The molecule has 0 bridgehead atoms. The van der Waals surface area contributed by atoms with E-state index in [0.717, 1.165) is 4.80 Å². The fraction of sp³-hybridized carbons (Fsp3) is 0.333. The van der Waals surface area contributed by atoms with Crippen LogP contribution in [0, 0.1) is 0 Å². The molecule has 0 aromatic carbocycles. The van der Waals surface area contributed by atoms with Crippen LogP contribution >= 0.6 is 11.8 Å². The topological polar surface area (TPSA) is 156 Å². The first kappa shape index (κ1) is 16.0. The molecule has 3 heterocycles. The summed E-state index contributed by atoms with van der Waals surface area (Å²) < 4.78 is 0. The summed E-state index contributed by atoms with van der Waals surface area (Å²) in [5.74, 6) is -1.85. The number of tetrazole rings is 1. The van der Waals surface area contributed by atoms with Crippen LogP contribution in [0.5, 0.6) is 0 Å². The van der Waals surface area contributed by atoms with Crippen molar-refractivity contribution in [3.05, 3.63) is 23.9 Å². The number of aliphatic carboxylic acids is 1. The largest absolute Gasteiger partial charge is 0.477 e. The molecule has 2 atom stereocenters. The average molecular weight is 351 g/mol. The summed E-state index contributed by atoms with van der Waals surface area (Å²) in [5, 5.41) is 22.1. The molecule has 0 aliphatic carbocycles. The average Bonchev–Trinajstić information content (AvgIpc) is 2.95. The van der Waals surface area contributed by atoms with Crippen LogP contribution in [-0.2, 0) is 20.9 Å². The molecule has 1 aromatic rings. The van der Waals surface area contributed by atoms with Gasteiger partial charge >= 0.3 is 5.97 Å². The van der Waals surface area contributed by atoms with Crippen LogP contribution < -0.4 is 11.1 Å². The molecule has 0 saturated carbocycles. The Kier molecular flexibility index (Phi) is 3.97. The van der Waals surface area contributed by atoms with Crippen molar-refractivity contribution in [3.8, 4) is 0 Å². The van der Waals surface area contributed by atoms with Gasteiger partial charge < -0.3 is 16.2 Å². The van der Waals surface area contributed by atoms with E-state index in [1.54, 1.807) is 0 Å². The van der Waals surface area contributed by atoms with E-state index in [-0.39, 0.29) is 18.2 Å². The third-order valence-corrected chi connectivity index (χ3v) is 4.82. The first-order chi connectivity index (χ1) is 11.4. The van der Waals surface area contributed by atoms with Gasteiger partial charge in [0, 0.05) is 5.75 Å². The van der Waals surface area contributed by atoms with E-state index in [1.165, 1.54) is 22.7 Å². The number of allylic oxidation sites excluding steroid dienone is 1. The van der Waals surface area contributed by atoms with Crippen LogP contribution in [0.3, 0.4) is 0 Å². The van der Waals surface area contributed by atoms with Gasteiger partial charge in [0.25, 0.3) is 11.9 Å². The molecule has 126 valence electrons. The molecule has 2 aliphatic heterocycles. The van der Waals surface area contributed by atoms with Crippen LogP contribution in [0.1, 0.15) is 0 Å². The number of nitrogens with one attached hydrogen (secondary N) is 1. The molecule has 11 nitrogen and oxygen atoms in total. The summed E-state index contributed by atoms with van der Waals surface area (Å²) in [7, 11) is 0. The molecule has 1 saturated heterocycles. The zero-order valence-corrected chi connectivity index (χ0v) is 13.1. The minimum Gasteiger partial charge on any atom is -0.477 e. The third kappa shape index (κ3) is 2.60. The van der Waals surface area contributed by atoms with Gasteiger partial charge in [0.1, 0.15) is 23.7 Å². The van der Waals surface area contributed by atoms with Gasteiger partial charge in [0.15, 0.2) is 0 Å². The molecule has 2 amide bonds. The summed E-state index contributed by atoms with van der Waals surface area (Å²) in [5.41, 5.74) is 5.69. The van der Waals surface area contributed by atoms with Gasteiger partial charge in [-0.2, -0.15) is 4.80 Å². The SMILES string of the molecule is C=CC1=C(C(=O)O)N2C(=O)C(NC(=O)Cn3nnc(N)n3)[C@@H]2SC1. The number of nitrogens with two attached hydrogens (primary N) is 1. The summed E-state index contributed by atoms with van der Waals surface area (Å²) >= 11 is 1.36. The van der Waals surface area contributed by atoms with E-state index in [0.29, 0.717) is 11.3 Å². The van der Waals surface area contributed by atoms with E-state index in [9.17, 15) is 19.5 Å². The summed E-state index contributed by atoms with van der Waals surface area (Å²) in [6, 6.07) is -0.802. The monoisotopic (exact) mass is 351 g/mol. The van der Waals surface area contributed by atoms with E-state index in [4.69, 9.17) is 5.73 Å². The van der Waals surface area contributed by atoms with Crippen LogP contribution in [0.15, 0.2) is 23.9 Å². The van der Waals surface area contributed by atoms with Crippen molar-refractivity contribution in [2.24, 2.45) is 0 Å². The van der Waals surface area contributed by atoms with Crippen molar-refractivity contribution < 1.29 is 19.5 Å². The van der Waals surface area contributed by atoms with Gasteiger partial charge in [-0.3, -0.25) is 14.5 Å². The molecule has 12 heteroatoms. The van der Waals surface area contributed by atoms with Crippen molar-refractivity contribution in [1.29, 1.82) is 0 Å². The Morgan fingerprint density at radius 2 is 2.29 bits per heavy atom. The van der Waals surface area contributed by atoms with Crippen LogP contribution in [0.4, 0.5) is 5.95 Å². The highest BCUT2D eigenvalue weighted by molar-refractivity contribution is 8.00. The number of hydrogen-bond donors (Lipinski definition) is 3. The van der Waals surface area contributed by atoms with E-state index in [2.05, 4.69) is 27.3 Å². The Hall–Kier alpha value is -2.89. The number of β-lactam (4-membered cyclic amide) rings is 1. The maximum absolute atomic E-state index is 12.3. The highest BCUT2D eigenvalue weighted by Crippen LogP contribution is 2.40. The Balaban J connectivity index is 1.69. The third-order valence-electron chi connectivity index (χ3n) is 3.52. The van der Waals surface area contributed by atoms with Gasteiger partial charge in [0.05, 0.1) is 0 Å². The fourth-order valence-corrected chi connectivity index (χ4v) is 3.81. The van der Waals surface area contributed by atoms with Crippen LogP contribution in [0.25, 0.3) is 0 Å². The lowest BCUT2D eigenvalue weighted by Crippen LogP contribution is -2.70. The minimum atomic E-state index is -1.20. The lowest BCUT2D eigenvalue weighted by Gasteiger charge is -2.49. The predicted octanol–water partition coefficient (Wildman–Crippen LogP) is -1.82. The van der Waals surface area contributed by atoms with Crippen LogP contribution in [0.2, 0.25) is 0 Å². The highest BCUT2D eigenvalue weighted by Gasteiger charge is 2.53. The van der Waals surface area contributed by atoms with Gasteiger partial charge in [-0.05, 0) is 10.8 Å². The molecule has 1 aromatic heterocycles. The number of nitrogen functional groups attached to an aromatic ring is 1. The number of aromatic nitrogens is 4. The smallest absolute Gasteiger partial charge is 0.352 e. The predicted molar refractivity (Wildman–Crippen MR) is 82.1 cm³/mol. The Morgan fingerprint density at radius 3 is 2.88 bits per heavy atom. The van der Waals surface area contributed by atoms with Crippen LogP contribution in [-0.4, -0.2) is 65.2 Å². The zero-order valence-electron chi connectivity index (χ0n) is 12.2. The normalized spacial score (nSPS) is 22.7. The van der Waals surface area contributed by atoms with Crippen molar-refractivity contribution in [2.75, 3.05) is 11.5 Å². The number of nitrogens with zero attached hydrogens (tertiary/aromatic N) is 5. The standard InChI is InChI=1S/C12H13N7O4S/c1-2-5-4-24-10-7(9(21)19(10)8(5)11(22)23)14-6(20)3-18-16-12(13)15-17-18/h2,7,10H,1,3-4H2,(H2,13,16)(H,14,20)(H,22,23)/t7?,10-/m0/s1. The van der Waals surface area contributed by atoms with Gasteiger partial charge in [-0.25, -0.2) is 4.79 Å². The molecule has 4 N–H and O–H groups in total. The number of thioether (sulfide) groups is 1. The zero-order chi connectivity index (χ0) is 17.4. The van der Waals surface area contributed by atoms with Gasteiger partial charge in [-0.15, -0.1) is 16.9 Å². The molecule has 0 radical (unpaired) electrons. The number of carbonyl (C=O) groups excluding carboxylic acids is 2. The number of rotatable bonds is 5. The minimum absolute atomic E-state index is 0.0651. The molecule has 3 rings (SSSR count). The second-order valence-electron chi connectivity index (χ2n) is 5.02. The number of carbonyl (C=O) groups is 3. The summed E-state index contributed by atoms with van der Waals surface area (Å²) in [6.07, 6.45) is 1.42. The van der Waals surface area contributed by atoms with Crippen molar-refractivity contribution in [2.45, 2.75) is 18.0 Å². The number of carboxylic acids is 1. The van der Waals surface area contributed by atoms with Gasteiger partial charge in [-0.1, -0.05) is 17.8 Å². The second kappa shape index (κ2) is 5.96. The van der Waals surface area contributed by atoms with E-state index in [1.807, 2.05) is 0 Å². The maximum Gasteiger partial charge on any atom is 0.352 e. The maximum atomic E-state index is 12.3. The molecule has 0 spiro atoms. The highest BCUT2D eigenvalue weighted by atomic mass is 32.2. The van der Waals surface area contributed by atoms with Crippen molar-refractivity contribution >= 4 is 35.5 Å². The quantitative estimate of drug-likeness (QED) is 0.520. The Bertz CT molecular complexity index is 773. The Labute approximate surface area is 139 Å². The van der Waals surface area contributed by atoms with Crippen molar-refractivity contribution in [3.63, 3.8) is 0 Å². The van der Waals surface area contributed by atoms with Crippen molar-refractivity contribution in [1.82, 2.24) is 30.4 Å². The summed E-state index contributed by atoms with van der Waals surface area (Å²) in [6.45, 7) is 3.32. The molecule has 24 heavy (non-hydrogen) atoms. The number of fused-ring (bicyclic) bond motifs is 1. The van der Waals surface area contributed by atoms with E-state index >= 15 is 0 Å². The molecule has 1 unspecified atom stereocenters. The van der Waals surface area contributed by atoms with Gasteiger partial charge in [0.2, 0.25) is 5.91 Å². The second-order valence-corrected chi connectivity index (χ2v) is 6.12. The molecule has 2 aliphatic rings. The number of anilines is 1. The molecular weight excluding hydrogens is 338 g/mol. The number of hydrogen-bond acceptors (Lipinski definition) is 8. The number of carboxylic acid groups (broad SMARTS) is 1. The lowest BCUT2D eigenvalue weighted by molar-refractivity contribution is -0.150. The first-order valence-corrected chi connectivity index (χ1v) is 7.83. The lowest BCUT2D eigenvalue weighted by atomic mass is 10.0. The Morgan fingerprint density at radius 1 is 1.54 bits per heavy atom. The first-order valence-electron chi connectivity index (χ1n) is 6.78. The molecular formula is C12H13N7O4S. The van der Waals surface area contributed by atoms with E-state index < -0.39 is 29.2 Å².